The monoisotopic (exact) mass is 219 g/mol. The van der Waals surface area contributed by atoms with Gasteiger partial charge in [-0.15, -0.1) is 0 Å². The second kappa shape index (κ2) is 5.39. The molecule has 1 aliphatic rings. The Kier molecular flexibility index (Phi) is 3.88. The standard InChI is InChI=1S/C13H21N3/c1-11(2)16-8-5-12(6-9-16)10-13-4-3-7-14-15-13/h3-4,7,11-12H,5-6,8-10H2,1-2H3. The minimum atomic E-state index is 0.692. The summed E-state index contributed by atoms with van der Waals surface area (Å²) in [6, 6.07) is 4.75. The molecule has 0 bridgehead atoms. The van der Waals surface area contributed by atoms with E-state index < -0.39 is 0 Å². The number of hydrogen-bond acceptors (Lipinski definition) is 3. The summed E-state index contributed by atoms with van der Waals surface area (Å²) in [4.78, 5) is 2.56. The summed E-state index contributed by atoms with van der Waals surface area (Å²) < 4.78 is 0. The molecule has 16 heavy (non-hydrogen) atoms. The Hall–Kier alpha value is -0.960. The maximum atomic E-state index is 4.16. The normalized spacial score (nSPS) is 19.2. The Morgan fingerprint density at radius 2 is 2.12 bits per heavy atom. The van der Waals surface area contributed by atoms with Crippen LogP contribution in [0.1, 0.15) is 32.4 Å². The molecule has 2 heterocycles. The molecule has 2 rings (SSSR count). The average Bonchev–Trinajstić information content (AvgIpc) is 2.31. The van der Waals surface area contributed by atoms with Gasteiger partial charge >= 0.3 is 0 Å². The molecule has 0 aliphatic carbocycles. The summed E-state index contributed by atoms with van der Waals surface area (Å²) in [7, 11) is 0. The number of nitrogens with zero attached hydrogens (tertiary/aromatic N) is 3. The number of likely N-dealkylation sites (tertiary alicyclic amines) is 1. The van der Waals surface area contributed by atoms with Gasteiger partial charge in [-0.05, 0) is 64.3 Å². The third kappa shape index (κ3) is 3.01. The molecule has 0 atom stereocenters. The van der Waals surface area contributed by atoms with Gasteiger partial charge in [-0.3, -0.25) is 0 Å². The Bertz CT molecular complexity index is 302. The Balaban J connectivity index is 1.82. The van der Waals surface area contributed by atoms with Crippen molar-refractivity contribution >= 4 is 0 Å². The van der Waals surface area contributed by atoms with Gasteiger partial charge < -0.3 is 4.90 Å². The summed E-state index contributed by atoms with van der Waals surface area (Å²) in [6.45, 7) is 7.04. The topological polar surface area (TPSA) is 29.0 Å². The smallest absolute Gasteiger partial charge is 0.0633 e. The van der Waals surface area contributed by atoms with Crippen LogP contribution in [0.3, 0.4) is 0 Å². The van der Waals surface area contributed by atoms with E-state index in [0.717, 1.165) is 18.0 Å². The summed E-state index contributed by atoms with van der Waals surface area (Å²) in [5, 5.41) is 8.10. The Morgan fingerprint density at radius 1 is 1.38 bits per heavy atom. The quantitative estimate of drug-likeness (QED) is 0.780. The molecule has 0 saturated carbocycles. The SMILES string of the molecule is CC(C)N1CCC(Cc2cccnn2)CC1. The van der Waals surface area contributed by atoms with Crippen molar-refractivity contribution in [3.05, 3.63) is 24.0 Å². The first-order valence-corrected chi connectivity index (χ1v) is 6.26. The molecular weight excluding hydrogens is 198 g/mol. The van der Waals surface area contributed by atoms with Crippen molar-refractivity contribution in [2.75, 3.05) is 13.1 Å². The number of rotatable bonds is 3. The first kappa shape index (κ1) is 11.5. The molecule has 3 heteroatoms. The molecule has 1 aromatic rings. The lowest BCUT2D eigenvalue weighted by Crippen LogP contribution is -2.38. The van der Waals surface area contributed by atoms with Crippen LogP contribution >= 0.6 is 0 Å². The Labute approximate surface area is 97.9 Å². The van der Waals surface area contributed by atoms with Gasteiger partial charge in [0.1, 0.15) is 0 Å². The van der Waals surface area contributed by atoms with E-state index in [0.29, 0.717) is 6.04 Å². The molecular formula is C13H21N3. The number of hydrogen-bond donors (Lipinski definition) is 0. The van der Waals surface area contributed by atoms with Gasteiger partial charge in [0.2, 0.25) is 0 Å². The predicted molar refractivity (Wildman–Crippen MR) is 65.2 cm³/mol. The van der Waals surface area contributed by atoms with Crippen LogP contribution in [-0.2, 0) is 6.42 Å². The van der Waals surface area contributed by atoms with E-state index in [1.165, 1.54) is 25.9 Å². The molecule has 0 amide bonds. The lowest BCUT2D eigenvalue weighted by atomic mass is 9.91. The third-order valence-electron chi connectivity index (χ3n) is 3.50. The second-order valence-electron chi connectivity index (χ2n) is 4.99. The van der Waals surface area contributed by atoms with Crippen molar-refractivity contribution in [2.24, 2.45) is 5.92 Å². The fraction of sp³-hybridized carbons (Fsp3) is 0.692. The van der Waals surface area contributed by atoms with Gasteiger partial charge in [-0.25, -0.2) is 0 Å². The molecule has 1 aliphatic heterocycles. The van der Waals surface area contributed by atoms with Gasteiger partial charge in [-0.1, -0.05) is 0 Å². The van der Waals surface area contributed by atoms with Crippen molar-refractivity contribution in [3.63, 3.8) is 0 Å². The molecule has 1 saturated heterocycles. The van der Waals surface area contributed by atoms with Crippen LogP contribution in [-0.4, -0.2) is 34.2 Å². The molecule has 3 nitrogen and oxygen atoms in total. The molecule has 0 N–H and O–H groups in total. The molecule has 88 valence electrons. The van der Waals surface area contributed by atoms with E-state index in [-0.39, 0.29) is 0 Å². The molecule has 0 radical (unpaired) electrons. The molecule has 0 unspecified atom stereocenters. The van der Waals surface area contributed by atoms with Crippen LogP contribution in [0.15, 0.2) is 18.3 Å². The first-order chi connectivity index (χ1) is 7.75. The minimum absolute atomic E-state index is 0.692. The molecule has 1 aromatic heterocycles. The van der Waals surface area contributed by atoms with E-state index in [4.69, 9.17) is 0 Å². The number of aromatic nitrogens is 2. The summed E-state index contributed by atoms with van der Waals surface area (Å²) in [5.74, 6) is 0.798. The van der Waals surface area contributed by atoms with Crippen LogP contribution in [0.5, 0.6) is 0 Å². The largest absolute Gasteiger partial charge is 0.301 e. The average molecular weight is 219 g/mol. The van der Waals surface area contributed by atoms with Crippen molar-refractivity contribution in [2.45, 2.75) is 39.2 Å². The van der Waals surface area contributed by atoms with Crippen molar-refractivity contribution in [1.29, 1.82) is 0 Å². The maximum absolute atomic E-state index is 4.16. The van der Waals surface area contributed by atoms with Gasteiger partial charge in [0.05, 0.1) is 5.69 Å². The first-order valence-electron chi connectivity index (χ1n) is 6.26. The number of piperidine rings is 1. The molecule has 1 fully saturated rings. The summed E-state index contributed by atoms with van der Waals surface area (Å²) >= 11 is 0. The fourth-order valence-electron chi connectivity index (χ4n) is 2.41. The van der Waals surface area contributed by atoms with Crippen LogP contribution in [0, 0.1) is 5.92 Å². The zero-order chi connectivity index (χ0) is 11.4. The highest BCUT2D eigenvalue weighted by molar-refractivity contribution is 5.00. The van der Waals surface area contributed by atoms with E-state index >= 15 is 0 Å². The molecule has 0 spiro atoms. The van der Waals surface area contributed by atoms with Crippen molar-refractivity contribution < 1.29 is 0 Å². The van der Waals surface area contributed by atoms with Crippen LogP contribution < -0.4 is 0 Å². The lowest BCUT2D eigenvalue weighted by Gasteiger charge is -2.34. The van der Waals surface area contributed by atoms with Crippen molar-refractivity contribution in [3.8, 4) is 0 Å². The Morgan fingerprint density at radius 3 is 2.69 bits per heavy atom. The van der Waals surface area contributed by atoms with Crippen LogP contribution in [0.4, 0.5) is 0 Å². The highest BCUT2D eigenvalue weighted by atomic mass is 15.1. The van der Waals surface area contributed by atoms with Crippen LogP contribution in [0.25, 0.3) is 0 Å². The fourth-order valence-corrected chi connectivity index (χ4v) is 2.41. The highest BCUT2D eigenvalue weighted by Gasteiger charge is 2.21. The minimum Gasteiger partial charge on any atom is -0.301 e. The zero-order valence-electron chi connectivity index (χ0n) is 10.3. The predicted octanol–water partition coefficient (Wildman–Crippen LogP) is 2.14. The van der Waals surface area contributed by atoms with Crippen molar-refractivity contribution in [1.82, 2.24) is 15.1 Å². The van der Waals surface area contributed by atoms with Crippen LogP contribution in [0.2, 0.25) is 0 Å². The van der Waals surface area contributed by atoms with Gasteiger partial charge in [-0.2, -0.15) is 10.2 Å². The van der Waals surface area contributed by atoms with Gasteiger partial charge in [0.15, 0.2) is 0 Å². The van der Waals surface area contributed by atoms with Gasteiger partial charge in [0, 0.05) is 12.2 Å². The molecule has 0 aromatic carbocycles. The summed E-state index contributed by atoms with van der Waals surface area (Å²) in [5.41, 5.74) is 1.14. The van der Waals surface area contributed by atoms with E-state index in [1.807, 2.05) is 6.07 Å². The second-order valence-corrected chi connectivity index (χ2v) is 4.99. The van der Waals surface area contributed by atoms with Gasteiger partial charge in [0.25, 0.3) is 0 Å². The van der Waals surface area contributed by atoms with E-state index in [1.54, 1.807) is 6.20 Å². The lowest BCUT2D eigenvalue weighted by molar-refractivity contribution is 0.149. The zero-order valence-corrected chi connectivity index (χ0v) is 10.3. The maximum Gasteiger partial charge on any atom is 0.0633 e. The third-order valence-corrected chi connectivity index (χ3v) is 3.50. The summed E-state index contributed by atoms with van der Waals surface area (Å²) in [6.07, 6.45) is 5.44. The highest BCUT2D eigenvalue weighted by Crippen LogP contribution is 2.21. The van der Waals surface area contributed by atoms with E-state index in [2.05, 4.69) is 35.0 Å². The van der Waals surface area contributed by atoms with E-state index in [9.17, 15) is 0 Å².